The van der Waals surface area contributed by atoms with E-state index in [2.05, 4.69) is 31.5 Å². The molecule has 0 unspecified atom stereocenters. The molecule has 0 spiro atoms. The van der Waals surface area contributed by atoms with Crippen LogP contribution in [0.25, 0.3) is 0 Å². The lowest BCUT2D eigenvalue weighted by molar-refractivity contribution is -0.119. The molecule has 0 bridgehead atoms. The molecule has 2 aromatic rings. The minimum atomic E-state index is -0.146. The van der Waals surface area contributed by atoms with Crippen molar-refractivity contribution in [3.63, 3.8) is 0 Å². The van der Waals surface area contributed by atoms with E-state index >= 15 is 0 Å². The van der Waals surface area contributed by atoms with Gasteiger partial charge in [0.15, 0.2) is 5.82 Å². The second-order valence-corrected chi connectivity index (χ2v) is 9.24. The van der Waals surface area contributed by atoms with Gasteiger partial charge in [0.25, 0.3) is 5.91 Å². The van der Waals surface area contributed by atoms with Gasteiger partial charge in [0, 0.05) is 51.7 Å². The SMILES string of the molecule is CN1NN(CCCCn2cc(NC(=O)CC3CCCCC3)nn2)C=C1C(=O)NCc1cccnc1. The molecule has 0 saturated heterocycles. The van der Waals surface area contributed by atoms with Crippen molar-refractivity contribution in [1.29, 1.82) is 0 Å². The van der Waals surface area contributed by atoms with Crippen LogP contribution in [0.2, 0.25) is 0 Å². The van der Waals surface area contributed by atoms with Gasteiger partial charge < -0.3 is 10.6 Å². The number of hydrogen-bond donors (Lipinski definition) is 3. The minimum Gasteiger partial charge on any atom is -0.347 e. The molecule has 0 atom stereocenters. The van der Waals surface area contributed by atoms with Crippen LogP contribution < -0.4 is 16.2 Å². The molecule has 1 saturated carbocycles. The number of pyridine rings is 1. The summed E-state index contributed by atoms with van der Waals surface area (Å²) in [6.45, 7) is 1.87. The summed E-state index contributed by atoms with van der Waals surface area (Å²) < 4.78 is 1.76. The quantitative estimate of drug-likeness (QED) is 0.418. The van der Waals surface area contributed by atoms with Crippen LogP contribution in [-0.4, -0.2) is 55.4 Å². The number of nitrogens with one attached hydrogen (secondary N) is 3. The Morgan fingerprint density at radius 1 is 1.17 bits per heavy atom. The van der Waals surface area contributed by atoms with Gasteiger partial charge in [0.2, 0.25) is 5.91 Å². The number of aromatic nitrogens is 4. The zero-order valence-corrected chi connectivity index (χ0v) is 20.3. The van der Waals surface area contributed by atoms with E-state index in [-0.39, 0.29) is 11.8 Å². The van der Waals surface area contributed by atoms with Crippen molar-refractivity contribution in [3.8, 4) is 0 Å². The Labute approximate surface area is 205 Å². The molecule has 11 heteroatoms. The molecule has 3 heterocycles. The fourth-order valence-corrected chi connectivity index (χ4v) is 4.48. The second kappa shape index (κ2) is 12.3. The van der Waals surface area contributed by atoms with E-state index in [1.165, 1.54) is 19.3 Å². The van der Waals surface area contributed by atoms with Crippen molar-refractivity contribution in [2.75, 3.05) is 18.9 Å². The molecule has 11 nitrogen and oxygen atoms in total. The van der Waals surface area contributed by atoms with E-state index in [9.17, 15) is 9.59 Å². The zero-order valence-electron chi connectivity index (χ0n) is 20.3. The van der Waals surface area contributed by atoms with Crippen molar-refractivity contribution >= 4 is 17.6 Å². The molecule has 1 aliphatic heterocycles. The van der Waals surface area contributed by atoms with Gasteiger partial charge in [0.05, 0.1) is 6.20 Å². The zero-order chi connectivity index (χ0) is 24.5. The van der Waals surface area contributed by atoms with Gasteiger partial charge in [0.1, 0.15) is 5.70 Å². The third-order valence-electron chi connectivity index (χ3n) is 6.37. The summed E-state index contributed by atoms with van der Waals surface area (Å²) in [5, 5.41) is 17.6. The molecule has 4 rings (SSSR count). The van der Waals surface area contributed by atoms with Gasteiger partial charge in [-0.15, -0.1) is 10.6 Å². The number of carbonyl (C=O) groups excluding carboxylic acids is 2. The number of nitrogens with zero attached hydrogens (tertiary/aromatic N) is 6. The highest BCUT2D eigenvalue weighted by Gasteiger charge is 2.23. The molecule has 2 aromatic heterocycles. The van der Waals surface area contributed by atoms with Crippen LogP contribution in [0.5, 0.6) is 0 Å². The van der Waals surface area contributed by atoms with Gasteiger partial charge in [-0.3, -0.25) is 29.3 Å². The van der Waals surface area contributed by atoms with Gasteiger partial charge in [-0.1, -0.05) is 30.5 Å². The molecule has 2 aliphatic rings. The van der Waals surface area contributed by atoms with Crippen LogP contribution in [-0.2, 0) is 22.7 Å². The van der Waals surface area contributed by atoms with E-state index in [4.69, 9.17) is 0 Å². The molecule has 0 radical (unpaired) electrons. The molecule has 188 valence electrons. The van der Waals surface area contributed by atoms with Crippen LogP contribution >= 0.6 is 0 Å². The van der Waals surface area contributed by atoms with Crippen molar-refractivity contribution < 1.29 is 9.59 Å². The number of carbonyl (C=O) groups is 2. The Morgan fingerprint density at radius 3 is 2.80 bits per heavy atom. The Morgan fingerprint density at radius 2 is 2.00 bits per heavy atom. The summed E-state index contributed by atoms with van der Waals surface area (Å²) in [6.07, 6.45) is 15.4. The maximum Gasteiger partial charge on any atom is 0.270 e. The monoisotopic (exact) mass is 481 g/mol. The molecule has 3 N–H and O–H groups in total. The summed E-state index contributed by atoms with van der Waals surface area (Å²) >= 11 is 0. The number of amides is 2. The molecule has 1 fully saturated rings. The van der Waals surface area contributed by atoms with Crippen LogP contribution in [0.4, 0.5) is 5.82 Å². The lowest BCUT2D eigenvalue weighted by Crippen LogP contribution is -2.40. The van der Waals surface area contributed by atoms with Gasteiger partial charge >= 0.3 is 0 Å². The van der Waals surface area contributed by atoms with Crippen molar-refractivity contribution in [1.82, 2.24) is 40.8 Å². The van der Waals surface area contributed by atoms with Crippen LogP contribution in [0.15, 0.2) is 42.6 Å². The normalized spacial score (nSPS) is 16.3. The fourth-order valence-electron chi connectivity index (χ4n) is 4.48. The number of hydrogen-bond acceptors (Lipinski definition) is 8. The maximum atomic E-state index is 12.5. The summed E-state index contributed by atoms with van der Waals surface area (Å²) in [4.78, 5) is 28.9. The predicted molar refractivity (Wildman–Crippen MR) is 131 cm³/mol. The Balaban J connectivity index is 1.14. The highest BCUT2D eigenvalue weighted by atomic mass is 16.2. The first-order valence-corrected chi connectivity index (χ1v) is 12.4. The number of hydrazine groups is 2. The molecular weight excluding hydrogens is 446 g/mol. The van der Waals surface area contributed by atoms with Gasteiger partial charge in [-0.05, 0) is 43.2 Å². The average molecular weight is 482 g/mol. The molecule has 35 heavy (non-hydrogen) atoms. The first-order valence-electron chi connectivity index (χ1n) is 12.4. The number of unbranched alkanes of at least 4 members (excludes halogenated alkanes) is 1. The molecule has 1 aliphatic carbocycles. The minimum absolute atomic E-state index is 0.0280. The third-order valence-corrected chi connectivity index (χ3v) is 6.37. The highest BCUT2D eigenvalue weighted by molar-refractivity contribution is 5.92. The smallest absolute Gasteiger partial charge is 0.270 e. The van der Waals surface area contributed by atoms with Gasteiger partial charge in [-0.2, -0.15) is 0 Å². The number of anilines is 1. The third kappa shape index (κ3) is 7.51. The Bertz CT molecular complexity index is 1000. The van der Waals surface area contributed by atoms with Crippen LogP contribution in [0, 0.1) is 5.92 Å². The van der Waals surface area contributed by atoms with Crippen molar-refractivity contribution in [3.05, 3.63) is 48.2 Å². The molecular formula is C24H35N9O2. The topological polar surface area (TPSA) is 120 Å². The first-order chi connectivity index (χ1) is 17.1. The van der Waals surface area contributed by atoms with E-state index in [1.54, 1.807) is 28.3 Å². The maximum absolute atomic E-state index is 12.5. The van der Waals surface area contributed by atoms with Crippen molar-refractivity contribution in [2.24, 2.45) is 5.92 Å². The average Bonchev–Trinajstić information content (AvgIpc) is 3.47. The fraction of sp³-hybridized carbons (Fsp3) is 0.542. The first kappa shape index (κ1) is 24.6. The summed E-state index contributed by atoms with van der Waals surface area (Å²) in [7, 11) is 1.81. The molecule has 0 aromatic carbocycles. The van der Waals surface area contributed by atoms with E-state index in [0.29, 0.717) is 36.9 Å². The molecule has 2 amide bonds. The van der Waals surface area contributed by atoms with Gasteiger partial charge in [-0.25, -0.2) is 0 Å². The van der Waals surface area contributed by atoms with Crippen LogP contribution in [0.3, 0.4) is 0 Å². The number of rotatable bonds is 11. The predicted octanol–water partition coefficient (Wildman–Crippen LogP) is 2.19. The van der Waals surface area contributed by atoms with E-state index in [1.807, 2.05) is 30.4 Å². The Kier molecular flexibility index (Phi) is 8.66. The van der Waals surface area contributed by atoms with Crippen LogP contribution in [0.1, 0.15) is 56.9 Å². The lowest BCUT2D eigenvalue weighted by Gasteiger charge is -2.20. The van der Waals surface area contributed by atoms with E-state index in [0.717, 1.165) is 37.8 Å². The summed E-state index contributed by atoms with van der Waals surface area (Å²) in [5.74, 6) is 0.893. The second-order valence-electron chi connectivity index (χ2n) is 9.24. The standard InChI is InChI=1S/C24H35N9O2/c1-31-21(24(35)26-16-20-10-7-11-25-15-20)17-33(30-31)13-6-5-12-32-18-22(28-29-32)27-23(34)14-19-8-3-2-4-9-19/h7,10-11,15,17-19,30H,2-6,8-9,12-14,16H2,1H3,(H,26,35)(H,27,34). The van der Waals surface area contributed by atoms with E-state index < -0.39 is 0 Å². The number of likely N-dealkylation sites (N-methyl/N-ethyl adjacent to an activating group) is 1. The summed E-state index contributed by atoms with van der Waals surface area (Å²) in [6, 6.07) is 3.77. The highest BCUT2D eigenvalue weighted by Crippen LogP contribution is 2.26. The largest absolute Gasteiger partial charge is 0.347 e. The summed E-state index contributed by atoms with van der Waals surface area (Å²) in [5.41, 5.74) is 4.66. The van der Waals surface area contributed by atoms with Crippen molar-refractivity contribution in [2.45, 2.75) is 64.5 Å². The lowest BCUT2D eigenvalue weighted by atomic mass is 9.87. The Hall–Kier alpha value is -3.47. The number of aryl methyl sites for hydroxylation is 1.